The topological polar surface area (TPSA) is 70.1 Å². The monoisotopic (exact) mass is 296 g/mol. The molecule has 104 valence electrons. The van der Waals surface area contributed by atoms with Gasteiger partial charge in [-0.15, -0.1) is 11.3 Å². The first-order chi connectivity index (χ1) is 10.3. The Kier molecular flexibility index (Phi) is 3.88. The number of amides is 1. The summed E-state index contributed by atoms with van der Waals surface area (Å²) in [5, 5.41) is 12.7. The summed E-state index contributed by atoms with van der Waals surface area (Å²) in [6.45, 7) is 0. The zero-order chi connectivity index (χ0) is 14.5. The first-order valence-corrected chi connectivity index (χ1v) is 7.18. The second-order valence-electron chi connectivity index (χ2n) is 4.25. The average molecular weight is 296 g/mol. The number of hydrogen-bond acceptors (Lipinski definition) is 4. The van der Waals surface area contributed by atoms with E-state index in [9.17, 15) is 4.79 Å². The van der Waals surface area contributed by atoms with Crippen molar-refractivity contribution in [2.45, 2.75) is 0 Å². The van der Waals surface area contributed by atoms with Crippen molar-refractivity contribution in [1.29, 1.82) is 0 Å². The van der Waals surface area contributed by atoms with Crippen LogP contribution in [0.5, 0.6) is 0 Å². The molecule has 6 heteroatoms. The number of nitrogens with one attached hydrogen (secondary N) is 2. The van der Waals surface area contributed by atoms with Crippen molar-refractivity contribution >= 4 is 23.5 Å². The highest BCUT2D eigenvalue weighted by Crippen LogP contribution is 2.22. The van der Waals surface area contributed by atoms with Crippen molar-refractivity contribution in [3.8, 4) is 10.6 Å². The molecular weight excluding hydrogens is 284 g/mol. The highest BCUT2D eigenvalue weighted by atomic mass is 32.1. The van der Waals surface area contributed by atoms with Gasteiger partial charge in [-0.2, -0.15) is 10.2 Å². The van der Waals surface area contributed by atoms with Crippen LogP contribution in [0, 0.1) is 0 Å². The quantitative estimate of drug-likeness (QED) is 0.574. The Labute approximate surface area is 125 Å². The van der Waals surface area contributed by atoms with Gasteiger partial charge in [0.25, 0.3) is 5.91 Å². The molecule has 0 unspecified atom stereocenters. The van der Waals surface area contributed by atoms with Crippen molar-refractivity contribution in [2.75, 3.05) is 0 Å². The Morgan fingerprint density at radius 1 is 1.24 bits per heavy atom. The highest BCUT2D eigenvalue weighted by molar-refractivity contribution is 7.13. The first kappa shape index (κ1) is 13.3. The fourth-order valence-corrected chi connectivity index (χ4v) is 2.45. The van der Waals surface area contributed by atoms with Gasteiger partial charge < -0.3 is 0 Å². The first-order valence-electron chi connectivity index (χ1n) is 6.31. The minimum Gasteiger partial charge on any atom is -0.276 e. The van der Waals surface area contributed by atoms with E-state index >= 15 is 0 Å². The molecule has 0 spiro atoms. The van der Waals surface area contributed by atoms with Crippen molar-refractivity contribution in [2.24, 2.45) is 5.10 Å². The summed E-state index contributed by atoms with van der Waals surface area (Å²) in [6, 6.07) is 15.2. The van der Waals surface area contributed by atoms with Crippen LogP contribution < -0.4 is 5.43 Å². The second-order valence-corrected chi connectivity index (χ2v) is 5.20. The van der Waals surface area contributed by atoms with Crippen LogP contribution in [0.3, 0.4) is 0 Å². The largest absolute Gasteiger partial charge is 0.291 e. The number of carbonyl (C=O) groups is 1. The van der Waals surface area contributed by atoms with Crippen molar-refractivity contribution in [3.63, 3.8) is 0 Å². The third-order valence-corrected chi connectivity index (χ3v) is 3.68. The van der Waals surface area contributed by atoms with E-state index in [-0.39, 0.29) is 5.91 Å². The van der Waals surface area contributed by atoms with E-state index < -0.39 is 0 Å². The predicted octanol–water partition coefficient (Wildman–Crippen LogP) is 2.90. The second kappa shape index (κ2) is 6.15. The lowest BCUT2D eigenvalue weighted by Gasteiger charge is -1.94. The lowest BCUT2D eigenvalue weighted by Crippen LogP contribution is -2.17. The van der Waals surface area contributed by atoms with Crippen LogP contribution in [0.2, 0.25) is 0 Å². The standard InChI is InChI=1S/C15H12N4OS/c20-15(19-16-10-11-5-2-1-3-6-11)13-9-12(17-18-13)14-7-4-8-21-14/h1-10H,(H,17,18)(H,19,20)/b16-10+. The number of nitrogens with zero attached hydrogens (tertiary/aromatic N) is 2. The molecule has 5 nitrogen and oxygen atoms in total. The van der Waals surface area contributed by atoms with E-state index in [1.165, 1.54) is 0 Å². The number of benzene rings is 1. The van der Waals surface area contributed by atoms with Crippen LogP contribution in [0.25, 0.3) is 10.6 Å². The summed E-state index contributed by atoms with van der Waals surface area (Å²) < 4.78 is 0. The van der Waals surface area contributed by atoms with Gasteiger partial charge in [0.1, 0.15) is 0 Å². The molecule has 0 aliphatic rings. The van der Waals surface area contributed by atoms with Crippen molar-refractivity contribution in [3.05, 3.63) is 65.2 Å². The van der Waals surface area contributed by atoms with Crippen LogP contribution in [-0.4, -0.2) is 22.3 Å². The summed E-state index contributed by atoms with van der Waals surface area (Å²) in [6.07, 6.45) is 1.59. The zero-order valence-electron chi connectivity index (χ0n) is 11.0. The summed E-state index contributed by atoms with van der Waals surface area (Å²) >= 11 is 1.58. The minimum atomic E-state index is -0.346. The number of hydrogen-bond donors (Lipinski definition) is 2. The van der Waals surface area contributed by atoms with Gasteiger partial charge in [0.05, 0.1) is 16.8 Å². The van der Waals surface area contributed by atoms with Crippen LogP contribution in [0.1, 0.15) is 16.1 Å². The Hall–Kier alpha value is -2.73. The molecule has 0 aliphatic heterocycles. The SMILES string of the molecule is O=C(N/N=C/c1ccccc1)c1cc(-c2cccs2)[nH]n1. The van der Waals surface area contributed by atoms with Crippen molar-refractivity contribution in [1.82, 2.24) is 15.6 Å². The van der Waals surface area contributed by atoms with Gasteiger partial charge in [-0.25, -0.2) is 5.43 Å². The van der Waals surface area contributed by atoms with Gasteiger partial charge in [0.15, 0.2) is 5.69 Å². The van der Waals surface area contributed by atoms with E-state index in [0.717, 1.165) is 16.1 Å². The number of thiophene rings is 1. The van der Waals surface area contributed by atoms with Gasteiger partial charge in [-0.05, 0) is 23.1 Å². The van der Waals surface area contributed by atoms with E-state index in [2.05, 4.69) is 20.7 Å². The number of aromatic amines is 1. The maximum absolute atomic E-state index is 11.9. The Balaban J connectivity index is 1.65. The van der Waals surface area contributed by atoms with Gasteiger partial charge in [0, 0.05) is 0 Å². The van der Waals surface area contributed by atoms with Crippen LogP contribution in [-0.2, 0) is 0 Å². The maximum Gasteiger partial charge on any atom is 0.291 e. The van der Waals surface area contributed by atoms with E-state index in [1.54, 1.807) is 23.6 Å². The zero-order valence-corrected chi connectivity index (χ0v) is 11.8. The maximum atomic E-state index is 11.9. The molecule has 0 saturated heterocycles. The molecule has 1 aromatic carbocycles. The fourth-order valence-electron chi connectivity index (χ4n) is 1.76. The molecule has 2 heterocycles. The molecule has 0 atom stereocenters. The van der Waals surface area contributed by atoms with Crippen LogP contribution in [0.4, 0.5) is 0 Å². The molecule has 3 rings (SSSR count). The summed E-state index contributed by atoms with van der Waals surface area (Å²) in [5.74, 6) is -0.346. The lowest BCUT2D eigenvalue weighted by molar-refractivity contribution is 0.0950. The smallest absolute Gasteiger partial charge is 0.276 e. The molecule has 0 bridgehead atoms. The van der Waals surface area contributed by atoms with Gasteiger partial charge >= 0.3 is 0 Å². The molecule has 2 aromatic heterocycles. The summed E-state index contributed by atoms with van der Waals surface area (Å²) in [7, 11) is 0. The average Bonchev–Trinajstić information content (AvgIpc) is 3.19. The Morgan fingerprint density at radius 3 is 2.86 bits per heavy atom. The molecule has 3 aromatic rings. The third kappa shape index (κ3) is 3.24. The van der Waals surface area contributed by atoms with Crippen LogP contribution >= 0.6 is 11.3 Å². The third-order valence-electron chi connectivity index (χ3n) is 2.78. The number of aromatic nitrogens is 2. The van der Waals surface area contributed by atoms with Gasteiger partial charge in [-0.3, -0.25) is 9.89 Å². The van der Waals surface area contributed by atoms with Crippen LogP contribution in [0.15, 0.2) is 59.0 Å². The molecule has 0 saturated carbocycles. The Morgan fingerprint density at radius 2 is 2.10 bits per heavy atom. The number of carbonyl (C=O) groups excluding carboxylic acids is 1. The summed E-state index contributed by atoms with van der Waals surface area (Å²) in [5.41, 5.74) is 4.50. The molecule has 0 aliphatic carbocycles. The molecule has 21 heavy (non-hydrogen) atoms. The predicted molar refractivity (Wildman–Crippen MR) is 83.4 cm³/mol. The summed E-state index contributed by atoms with van der Waals surface area (Å²) in [4.78, 5) is 13.0. The molecule has 0 fully saturated rings. The normalized spacial score (nSPS) is 10.9. The lowest BCUT2D eigenvalue weighted by atomic mass is 10.2. The fraction of sp³-hybridized carbons (Fsp3) is 0. The minimum absolute atomic E-state index is 0.309. The van der Waals surface area contributed by atoms with E-state index in [0.29, 0.717) is 5.69 Å². The Bertz CT molecular complexity index is 747. The number of rotatable bonds is 4. The van der Waals surface area contributed by atoms with Gasteiger partial charge in [0.2, 0.25) is 0 Å². The van der Waals surface area contributed by atoms with Crippen molar-refractivity contribution < 1.29 is 4.79 Å². The number of H-pyrrole nitrogens is 1. The molecule has 2 N–H and O–H groups in total. The molecule has 0 radical (unpaired) electrons. The van der Waals surface area contributed by atoms with E-state index in [1.807, 2.05) is 47.8 Å². The van der Waals surface area contributed by atoms with Gasteiger partial charge in [-0.1, -0.05) is 36.4 Å². The van der Waals surface area contributed by atoms with E-state index in [4.69, 9.17) is 0 Å². The molecular formula is C15H12N4OS. The molecule has 1 amide bonds. The number of hydrazone groups is 1. The highest BCUT2D eigenvalue weighted by Gasteiger charge is 2.10.